The van der Waals surface area contributed by atoms with Crippen molar-refractivity contribution in [3.63, 3.8) is 0 Å². The van der Waals surface area contributed by atoms with Gasteiger partial charge in [0.2, 0.25) is 9.84 Å². The summed E-state index contributed by atoms with van der Waals surface area (Å²) in [7, 11) is -3.68. The molecule has 4 nitrogen and oxygen atoms in total. The van der Waals surface area contributed by atoms with Crippen molar-refractivity contribution >= 4 is 15.1 Å². The molecule has 1 amide bonds. The van der Waals surface area contributed by atoms with Crippen LogP contribution in [-0.2, 0) is 9.84 Å². The summed E-state index contributed by atoms with van der Waals surface area (Å²) in [5, 5.41) is -1.97. The third kappa shape index (κ3) is 1.67. The molecule has 2 N–H and O–H groups in total. The maximum absolute atomic E-state index is 10.6. The van der Waals surface area contributed by atoms with Crippen molar-refractivity contribution in [3.8, 4) is 0 Å². The number of nitrogens with two attached hydrogens (primary N) is 1. The lowest BCUT2D eigenvalue weighted by molar-refractivity contribution is 0.265. The molecule has 0 radical (unpaired) electrons. The lowest BCUT2D eigenvalue weighted by atomic mass is 10.6. The molecule has 0 aromatic heterocycles. The van der Waals surface area contributed by atoms with Crippen LogP contribution in [0.4, 0.5) is 4.79 Å². The number of amides is 1. The summed E-state index contributed by atoms with van der Waals surface area (Å²) in [6, 6.07) is 0. The normalized spacial score (nSPS) is 11.9. The Hall–Kier alpha value is -0.580. The maximum atomic E-state index is 10.6. The van der Waals surface area contributed by atoms with Gasteiger partial charge in [-0.2, -0.15) is 0 Å². The van der Waals surface area contributed by atoms with E-state index in [0.29, 0.717) is 0 Å². The monoisotopic (exact) mass is 151 g/mol. The lowest BCUT2D eigenvalue weighted by Crippen LogP contribution is -2.28. The molecule has 0 spiro atoms. The minimum absolute atomic E-state index is 0.713. The van der Waals surface area contributed by atoms with Crippen LogP contribution in [0.15, 0.2) is 0 Å². The second-order valence-electron chi connectivity index (χ2n) is 1.91. The van der Waals surface area contributed by atoms with Crippen molar-refractivity contribution in [1.82, 2.24) is 0 Å². The minimum atomic E-state index is -3.68. The fourth-order valence-corrected chi connectivity index (χ4v) is 0.697. The van der Waals surface area contributed by atoms with E-state index in [1.54, 1.807) is 0 Å². The molecule has 0 aliphatic rings. The maximum Gasteiger partial charge on any atom is 0.334 e. The zero-order chi connectivity index (χ0) is 7.65. The Kier molecular flexibility index (Phi) is 2.19. The Morgan fingerprint density at radius 3 is 1.78 bits per heavy atom. The summed E-state index contributed by atoms with van der Waals surface area (Å²) in [6.45, 7) is 2.81. The molecule has 0 aliphatic heterocycles. The Morgan fingerprint density at radius 1 is 1.44 bits per heavy atom. The molecular weight excluding hydrogens is 142 g/mol. The van der Waals surface area contributed by atoms with Gasteiger partial charge in [0, 0.05) is 0 Å². The Labute approximate surface area is 54.0 Å². The Morgan fingerprint density at radius 2 is 1.78 bits per heavy atom. The standard InChI is InChI=1S/C4H9NO3S/c1-3(2)9(7,8)4(5)6/h3H,1-2H3,(H2,5,6). The van der Waals surface area contributed by atoms with Crippen LogP contribution in [-0.4, -0.2) is 18.9 Å². The third-order valence-electron chi connectivity index (χ3n) is 0.901. The van der Waals surface area contributed by atoms with E-state index in [9.17, 15) is 13.2 Å². The number of carbonyl (C=O) groups is 1. The summed E-state index contributed by atoms with van der Waals surface area (Å²) < 4.78 is 21.1. The van der Waals surface area contributed by atoms with Gasteiger partial charge in [-0.05, 0) is 13.8 Å². The summed E-state index contributed by atoms with van der Waals surface area (Å²) in [5.41, 5.74) is 4.54. The SMILES string of the molecule is CC(C)S(=O)(=O)C(N)=O. The van der Waals surface area contributed by atoms with Gasteiger partial charge in [-0.15, -0.1) is 0 Å². The van der Waals surface area contributed by atoms with E-state index in [2.05, 4.69) is 5.73 Å². The van der Waals surface area contributed by atoms with Gasteiger partial charge in [0.15, 0.2) is 0 Å². The van der Waals surface area contributed by atoms with Gasteiger partial charge in [-0.3, -0.25) is 4.79 Å². The number of primary amides is 1. The molecule has 0 atom stereocenters. The average Bonchev–Trinajstić information content (AvgIpc) is 1.65. The second-order valence-corrected chi connectivity index (χ2v) is 4.35. The summed E-state index contributed by atoms with van der Waals surface area (Å²) in [6.07, 6.45) is 0. The highest BCUT2D eigenvalue weighted by molar-refractivity contribution is 8.06. The molecule has 0 aromatic carbocycles. The summed E-state index contributed by atoms with van der Waals surface area (Å²) in [4.78, 5) is 10.1. The predicted octanol–water partition coefficient (Wildman–Crippen LogP) is -0.112. The molecule has 0 unspecified atom stereocenters. The fraction of sp³-hybridized carbons (Fsp3) is 0.750. The van der Waals surface area contributed by atoms with Gasteiger partial charge in [0.25, 0.3) is 0 Å². The number of carbonyl (C=O) groups excluding carboxylic acids is 1. The zero-order valence-electron chi connectivity index (χ0n) is 5.29. The molecule has 0 bridgehead atoms. The molecule has 9 heavy (non-hydrogen) atoms. The first-order chi connectivity index (χ1) is 3.89. The van der Waals surface area contributed by atoms with Crippen molar-refractivity contribution in [1.29, 1.82) is 0 Å². The number of sulfone groups is 1. The highest BCUT2D eigenvalue weighted by Gasteiger charge is 2.22. The Balaban J connectivity index is 4.63. The first-order valence-corrected chi connectivity index (χ1v) is 3.97. The van der Waals surface area contributed by atoms with Crippen molar-refractivity contribution in [3.05, 3.63) is 0 Å². The molecule has 0 heterocycles. The van der Waals surface area contributed by atoms with Gasteiger partial charge in [-0.25, -0.2) is 8.42 Å². The zero-order valence-corrected chi connectivity index (χ0v) is 6.10. The highest BCUT2D eigenvalue weighted by atomic mass is 32.2. The molecule has 0 saturated heterocycles. The van der Waals surface area contributed by atoms with E-state index in [-0.39, 0.29) is 0 Å². The van der Waals surface area contributed by atoms with E-state index < -0.39 is 20.3 Å². The van der Waals surface area contributed by atoms with E-state index in [1.807, 2.05) is 0 Å². The van der Waals surface area contributed by atoms with Crippen LogP contribution >= 0.6 is 0 Å². The minimum Gasteiger partial charge on any atom is -0.356 e. The van der Waals surface area contributed by atoms with Gasteiger partial charge in [0.05, 0.1) is 5.25 Å². The van der Waals surface area contributed by atoms with Crippen LogP contribution in [0.5, 0.6) is 0 Å². The summed E-state index contributed by atoms with van der Waals surface area (Å²) >= 11 is 0. The number of hydrogen-bond acceptors (Lipinski definition) is 3. The third-order valence-corrected chi connectivity index (χ3v) is 2.70. The molecule has 0 rings (SSSR count). The van der Waals surface area contributed by atoms with E-state index >= 15 is 0 Å². The molecule has 0 fully saturated rings. The van der Waals surface area contributed by atoms with E-state index in [4.69, 9.17) is 0 Å². The van der Waals surface area contributed by atoms with E-state index in [0.717, 1.165) is 0 Å². The van der Waals surface area contributed by atoms with Crippen LogP contribution in [0, 0.1) is 0 Å². The highest BCUT2D eigenvalue weighted by Crippen LogP contribution is 1.98. The summed E-state index contributed by atoms with van der Waals surface area (Å²) in [5.74, 6) is 0. The van der Waals surface area contributed by atoms with Gasteiger partial charge in [0.1, 0.15) is 0 Å². The molecule has 0 aromatic rings. The van der Waals surface area contributed by atoms with E-state index in [1.165, 1.54) is 13.8 Å². The van der Waals surface area contributed by atoms with Crippen molar-refractivity contribution < 1.29 is 13.2 Å². The van der Waals surface area contributed by atoms with Crippen LogP contribution in [0.1, 0.15) is 13.8 Å². The van der Waals surface area contributed by atoms with Crippen molar-refractivity contribution in [2.45, 2.75) is 19.1 Å². The van der Waals surface area contributed by atoms with Crippen molar-refractivity contribution in [2.24, 2.45) is 5.73 Å². The molecular formula is C4H9NO3S. The fourth-order valence-electron chi connectivity index (χ4n) is 0.232. The molecule has 5 heteroatoms. The number of hydrogen-bond donors (Lipinski definition) is 1. The van der Waals surface area contributed by atoms with Crippen LogP contribution in [0.25, 0.3) is 0 Å². The molecule has 54 valence electrons. The number of rotatable bonds is 1. The smallest absolute Gasteiger partial charge is 0.334 e. The average molecular weight is 151 g/mol. The van der Waals surface area contributed by atoms with Crippen LogP contribution < -0.4 is 5.73 Å². The quantitative estimate of drug-likeness (QED) is 0.568. The Bertz CT molecular complexity index is 204. The van der Waals surface area contributed by atoms with Gasteiger partial charge < -0.3 is 5.73 Å². The van der Waals surface area contributed by atoms with Gasteiger partial charge in [-0.1, -0.05) is 0 Å². The van der Waals surface area contributed by atoms with Crippen LogP contribution in [0.2, 0.25) is 0 Å². The van der Waals surface area contributed by atoms with Crippen LogP contribution in [0.3, 0.4) is 0 Å². The second kappa shape index (κ2) is 2.34. The predicted molar refractivity (Wildman–Crippen MR) is 33.6 cm³/mol. The van der Waals surface area contributed by atoms with Gasteiger partial charge >= 0.3 is 5.24 Å². The molecule has 0 saturated carbocycles. The lowest BCUT2D eigenvalue weighted by Gasteiger charge is -1.99. The first kappa shape index (κ1) is 8.42. The van der Waals surface area contributed by atoms with Crippen molar-refractivity contribution in [2.75, 3.05) is 0 Å². The first-order valence-electron chi connectivity index (χ1n) is 2.42. The molecule has 0 aliphatic carbocycles. The topological polar surface area (TPSA) is 77.2 Å². The largest absolute Gasteiger partial charge is 0.356 e.